The van der Waals surface area contributed by atoms with E-state index in [1.165, 1.54) is 22.6 Å². The van der Waals surface area contributed by atoms with Crippen LogP contribution in [0.4, 0.5) is 10.8 Å². The third kappa shape index (κ3) is 6.15. The zero-order valence-corrected chi connectivity index (χ0v) is 30.5. The number of nitrogen functional groups attached to an aromatic ring is 1. The average Bonchev–Trinajstić information content (AvgIpc) is 3.84. The number of nitrogens with zero attached hydrogens (tertiary/aromatic N) is 8. The van der Waals surface area contributed by atoms with Crippen LogP contribution >= 0.6 is 11.3 Å². The van der Waals surface area contributed by atoms with Gasteiger partial charge in [-0.1, -0.05) is 52.6 Å². The molecule has 2 N–H and O–H groups in total. The van der Waals surface area contributed by atoms with Crippen molar-refractivity contribution in [1.82, 2.24) is 29.8 Å². The van der Waals surface area contributed by atoms with Crippen molar-refractivity contribution in [3.05, 3.63) is 27.3 Å². The Bertz CT molecular complexity index is 1790. The number of nitriles is 1. The maximum atomic E-state index is 10.1. The van der Waals surface area contributed by atoms with E-state index in [2.05, 4.69) is 55.8 Å². The molecule has 2 aliphatic heterocycles. The molecule has 0 saturated carbocycles. The molecule has 7 rings (SSSR count). The van der Waals surface area contributed by atoms with E-state index >= 15 is 0 Å². The van der Waals surface area contributed by atoms with Crippen LogP contribution in [0.25, 0.3) is 22.6 Å². The van der Waals surface area contributed by atoms with Gasteiger partial charge in [0.05, 0.1) is 18.7 Å². The summed E-state index contributed by atoms with van der Waals surface area (Å²) in [4.78, 5) is 16.4. The standard InChI is InChI=1S/C34H45N9O2S.C2H6/c1-6-10-25-26(24(15-35)30(36)46-25)22-12-8-13-23-28(40-45-29(22)23)31-37-32-27-33(38-31)43(18-21-11-9-14-41(21)5)39-34(27)44-20(4)17-42(32)16-19(3)7-2;1-2/h19-22H,6-14,16-18,36H2,1-5H3;1-2H3. The van der Waals surface area contributed by atoms with Gasteiger partial charge in [0.2, 0.25) is 5.88 Å². The zero-order valence-electron chi connectivity index (χ0n) is 29.7. The SMILES string of the molecule is CC.CCCc1sc(N)c(C#N)c1C1CCCc2c(-c3nc4c5c(nn(CC6CCCN6C)c5n3)OC(C)CN4CC(C)CC)noc21. The monoisotopic (exact) mass is 673 g/mol. The Morgan fingerprint density at radius 1 is 1.17 bits per heavy atom. The van der Waals surface area contributed by atoms with Gasteiger partial charge in [-0.05, 0) is 70.5 Å². The summed E-state index contributed by atoms with van der Waals surface area (Å²) in [6.07, 6.45) is 7.87. The smallest absolute Gasteiger partial charge is 0.246 e. The lowest BCUT2D eigenvalue weighted by Crippen LogP contribution is -2.36. The van der Waals surface area contributed by atoms with E-state index in [1.807, 2.05) is 18.5 Å². The molecule has 0 amide bonds. The quantitative estimate of drug-likeness (QED) is 0.195. The molecule has 3 aliphatic rings. The van der Waals surface area contributed by atoms with Crippen LogP contribution in [-0.4, -0.2) is 68.6 Å². The highest BCUT2D eigenvalue weighted by Gasteiger charge is 2.37. The summed E-state index contributed by atoms with van der Waals surface area (Å²) >= 11 is 1.54. The molecule has 0 spiro atoms. The average molecular weight is 674 g/mol. The van der Waals surface area contributed by atoms with Crippen LogP contribution in [0.3, 0.4) is 0 Å². The van der Waals surface area contributed by atoms with Crippen molar-refractivity contribution in [2.24, 2.45) is 5.92 Å². The first-order valence-electron chi connectivity index (χ1n) is 18.0. The highest BCUT2D eigenvalue weighted by atomic mass is 32.1. The normalized spacial score (nSPS) is 21.3. The number of hydrogen-bond acceptors (Lipinski definition) is 11. The van der Waals surface area contributed by atoms with E-state index in [9.17, 15) is 5.26 Å². The Kier molecular flexibility index (Phi) is 10.3. The Hall–Kier alpha value is -3.69. The summed E-state index contributed by atoms with van der Waals surface area (Å²) in [5, 5.41) is 21.3. The molecular weight excluding hydrogens is 623 g/mol. The van der Waals surface area contributed by atoms with Crippen LogP contribution in [0.2, 0.25) is 0 Å². The first-order chi connectivity index (χ1) is 23.3. The van der Waals surface area contributed by atoms with Crippen LogP contribution in [-0.2, 0) is 19.4 Å². The van der Waals surface area contributed by atoms with Crippen LogP contribution in [0.1, 0.15) is 113 Å². The number of aryl methyl sites for hydroxylation is 1. The Morgan fingerprint density at radius 2 is 1.98 bits per heavy atom. The van der Waals surface area contributed by atoms with Gasteiger partial charge in [0, 0.05) is 28.9 Å². The second-order valence-electron chi connectivity index (χ2n) is 13.5. The maximum Gasteiger partial charge on any atom is 0.246 e. The van der Waals surface area contributed by atoms with Gasteiger partial charge in [-0.15, -0.1) is 16.4 Å². The first kappa shape index (κ1) is 34.2. The number of likely N-dealkylation sites (tertiary alicyclic amines) is 1. The van der Waals surface area contributed by atoms with E-state index < -0.39 is 0 Å². The van der Waals surface area contributed by atoms with Gasteiger partial charge in [0.25, 0.3) is 0 Å². The van der Waals surface area contributed by atoms with Crippen LogP contribution < -0.4 is 15.4 Å². The summed E-state index contributed by atoms with van der Waals surface area (Å²) < 4.78 is 14.7. The molecule has 258 valence electrons. The van der Waals surface area contributed by atoms with E-state index in [4.69, 9.17) is 30.1 Å². The first-order valence-corrected chi connectivity index (χ1v) is 18.8. The molecule has 0 aromatic carbocycles. The molecule has 1 aliphatic carbocycles. The van der Waals surface area contributed by atoms with Gasteiger partial charge in [0.15, 0.2) is 17.2 Å². The summed E-state index contributed by atoms with van der Waals surface area (Å²) in [5.41, 5.74) is 10.5. The number of rotatable bonds is 9. The fraction of sp³-hybridized carbons (Fsp3) is 0.639. The summed E-state index contributed by atoms with van der Waals surface area (Å²) in [6, 6.07) is 2.78. The number of aromatic nitrogens is 5. The fourth-order valence-corrected chi connectivity index (χ4v) is 8.76. The minimum Gasteiger partial charge on any atom is -0.471 e. The van der Waals surface area contributed by atoms with Crippen molar-refractivity contribution in [2.75, 3.05) is 37.3 Å². The van der Waals surface area contributed by atoms with Crippen LogP contribution in [0.5, 0.6) is 5.88 Å². The maximum absolute atomic E-state index is 10.1. The second kappa shape index (κ2) is 14.4. The van der Waals surface area contributed by atoms with E-state index in [0.717, 1.165) is 98.3 Å². The fourth-order valence-electron chi connectivity index (χ4n) is 7.58. The molecule has 48 heavy (non-hydrogen) atoms. The molecule has 4 aromatic heterocycles. The van der Waals surface area contributed by atoms with Crippen LogP contribution in [0.15, 0.2) is 4.52 Å². The number of anilines is 2. The number of hydrogen-bond donors (Lipinski definition) is 1. The van der Waals surface area contributed by atoms with E-state index in [-0.39, 0.29) is 12.0 Å². The molecule has 6 heterocycles. The van der Waals surface area contributed by atoms with Crippen molar-refractivity contribution in [2.45, 2.75) is 118 Å². The van der Waals surface area contributed by atoms with Crippen molar-refractivity contribution >= 4 is 33.2 Å². The molecule has 1 fully saturated rings. The van der Waals surface area contributed by atoms with Crippen molar-refractivity contribution in [3.63, 3.8) is 0 Å². The number of ether oxygens (including phenoxy) is 1. The topological polar surface area (TPSA) is 135 Å². The highest BCUT2D eigenvalue weighted by Crippen LogP contribution is 2.47. The lowest BCUT2D eigenvalue weighted by molar-refractivity contribution is 0.215. The van der Waals surface area contributed by atoms with Crippen molar-refractivity contribution in [1.29, 1.82) is 5.26 Å². The summed E-state index contributed by atoms with van der Waals surface area (Å²) in [7, 11) is 2.19. The summed E-state index contributed by atoms with van der Waals surface area (Å²) in [6.45, 7) is 16.2. The lowest BCUT2D eigenvalue weighted by atomic mass is 9.81. The van der Waals surface area contributed by atoms with Gasteiger partial charge in [-0.25, -0.2) is 14.6 Å². The molecule has 4 atom stereocenters. The lowest BCUT2D eigenvalue weighted by Gasteiger charge is -2.27. The van der Waals surface area contributed by atoms with Crippen LogP contribution in [0, 0.1) is 17.2 Å². The molecule has 11 nitrogen and oxygen atoms in total. The molecule has 1 saturated heterocycles. The molecule has 4 unspecified atom stereocenters. The van der Waals surface area contributed by atoms with Crippen molar-refractivity contribution in [3.8, 4) is 23.5 Å². The van der Waals surface area contributed by atoms with Gasteiger partial charge in [-0.2, -0.15) is 5.26 Å². The second-order valence-corrected chi connectivity index (χ2v) is 14.7. The molecule has 12 heteroatoms. The van der Waals surface area contributed by atoms with Gasteiger partial charge < -0.3 is 24.8 Å². The molecule has 0 bridgehead atoms. The zero-order chi connectivity index (χ0) is 34.1. The van der Waals surface area contributed by atoms with Crippen molar-refractivity contribution < 1.29 is 9.26 Å². The third-order valence-corrected chi connectivity index (χ3v) is 11.3. The molecular formula is C36H51N9O2S. The molecule has 4 aromatic rings. The number of nitrogens with two attached hydrogens (primary N) is 1. The predicted molar refractivity (Wildman–Crippen MR) is 192 cm³/mol. The van der Waals surface area contributed by atoms with Gasteiger partial charge in [0.1, 0.15) is 34.1 Å². The number of thiophene rings is 1. The minimum absolute atomic E-state index is 0.0485. The van der Waals surface area contributed by atoms with Gasteiger partial charge >= 0.3 is 0 Å². The largest absolute Gasteiger partial charge is 0.471 e. The Labute approximate surface area is 288 Å². The Balaban J connectivity index is 0.00000197. The molecule has 0 radical (unpaired) electrons. The van der Waals surface area contributed by atoms with E-state index in [0.29, 0.717) is 46.5 Å². The number of fused-ring (bicyclic) bond motifs is 1. The third-order valence-electron chi connectivity index (χ3n) is 10.2. The van der Waals surface area contributed by atoms with E-state index in [1.54, 1.807) is 0 Å². The predicted octanol–water partition coefficient (Wildman–Crippen LogP) is 7.17. The van der Waals surface area contributed by atoms with Gasteiger partial charge in [-0.3, -0.25) is 0 Å². The highest BCUT2D eigenvalue weighted by molar-refractivity contribution is 7.16. The summed E-state index contributed by atoms with van der Waals surface area (Å²) in [5.74, 6) is 3.26. The minimum atomic E-state index is -0.0637. The number of likely N-dealkylation sites (N-methyl/N-ethyl adjacent to an activating group) is 1. The Morgan fingerprint density at radius 3 is 2.69 bits per heavy atom.